The number of nitrogens with zero attached hydrogens (tertiary/aromatic N) is 4. The van der Waals surface area contributed by atoms with Crippen LogP contribution in [-0.2, 0) is 11.3 Å². The zero-order chi connectivity index (χ0) is 16.1. The summed E-state index contributed by atoms with van der Waals surface area (Å²) < 4.78 is 14.1. The fourth-order valence-corrected chi connectivity index (χ4v) is 2.27. The number of hydrogen-bond acceptors (Lipinski definition) is 6. The molecule has 2 heterocycles. The van der Waals surface area contributed by atoms with Crippen molar-refractivity contribution in [3.8, 4) is 0 Å². The van der Waals surface area contributed by atoms with Gasteiger partial charge >= 0.3 is 5.69 Å². The number of rotatable bonds is 6. The first-order valence-corrected chi connectivity index (χ1v) is 7.03. The van der Waals surface area contributed by atoms with Gasteiger partial charge in [-0.1, -0.05) is 0 Å². The summed E-state index contributed by atoms with van der Waals surface area (Å²) in [4.78, 5) is 22.3. The van der Waals surface area contributed by atoms with Gasteiger partial charge in [0.15, 0.2) is 5.13 Å². The molecule has 8 nitrogen and oxygen atoms in total. The molecule has 0 saturated carbocycles. The van der Waals surface area contributed by atoms with Gasteiger partial charge in [-0.3, -0.25) is 19.6 Å². The van der Waals surface area contributed by atoms with Gasteiger partial charge in [0.2, 0.25) is 5.91 Å². The second-order valence-electron chi connectivity index (χ2n) is 4.28. The van der Waals surface area contributed by atoms with Crippen LogP contribution in [0.2, 0.25) is 0 Å². The fourth-order valence-electron chi connectivity index (χ4n) is 1.67. The number of nitro groups is 1. The van der Waals surface area contributed by atoms with E-state index in [0.29, 0.717) is 10.6 Å². The van der Waals surface area contributed by atoms with Crippen LogP contribution in [0, 0.1) is 22.2 Å². The monoisotopic (exact) mass is 325 g/mol. The summed E-state index contributed by atoms with van der Waals surface area (Å²) in [5.74, 6) is -0.370. The summed E-state index contributed by atoms with van der Waals surface area (Å²) >= 11 is 0.912. The molecule has 0 aromatic carbocycles. The van der Waals surface area contributed by atoms with Crippen LogP contribution < -0.4 is 5.43 Å². The third-order valence-electron chi connectivity index (χ3n) is 2.80. The van der Waals surface area contributed by atoms with E-state index in [1.165, 1.54) is 17.0 Å². The van der Waals surface area contributed by atoms with Crippen LogP contribution in [0.5, 0.6) is 0 Å². The van der Waals surface area contributed by atoms with Crippen molar-refractivity contribution < 1.29 is 14.1 Å². The van der Waals surface area contributed by atoms with E-state index in [-0.39, 0.29) is 29.7 Å². The van der Waals surface area contributed by atoms with Crippen molar-refractivity contribution in [2.75, 3.05) is 0 Å². The SMILES string of the molecule is Cc1c([N+](=O)[O-])cnn1CCC(=O)NN=Cc1ccc(F)s1. The van der Waals surface area contributed by atoms with Crippen LogP contribution >= 0.6 is 11.3 Å². The molecule has 0 bridgehead atoms. The molecule has 0 unspecified atom stereocenters. The number of amides is 1. The lowest BCUT2D eigenvalue weighted by Crippen LogP contribution is -2.20. The summed E-state index contributed by atoms with van der Waals surface area (Å²) in [6.07, 6.45) is 2.56. The predicted octanol–water partition coefficient (Wildman–Crippen LogP) is 1.84. The van der Waals surface area contributed by atoms with Gasteiger partial charge < -0.3 is 0 Å². The molecule has 22 heavy (non-hydrogen) atoms. The first kappa shape index (κ1) is 15.8. The minimum Gasteiger partial charge on any atom is -0.273 e. The molecule has 1 N–H and O–H groups in total. The van der Waals surface area contributed by atoms with Crippen LogP contribution in [0.3, 0.4) is 0 Å². The van der Waals surface area contributed by atoms with Crippen molar-refractivity contribution in [2.45, 2.75) is 19.9 Å². The van der Waals surface area contributed by atoms with Gasteiger partial charge in [-0.15, -0.1) is 11.3 Å². The van der Waals surface area contributed by atoms with E-state index in [2.05, 4.69) is 15.6 Å². The number of nitrogens with one attached hydrogen (secondary N) is 1. The lowest BCUT2D eigenvalue weighted by molar-refractivity contribution is -0.385. The third kappa shape index (κ3) is 3.95. The average molecular weight is 325 g/mol. The highest BCUT2D eigenvalue weighted by Gasteiger charge is 2.16. The molecule has 0 aliphatic rings. The maximum absolute atomic E-state index is 12.7. The minimum atomic E-state index is -0.524. The molecule has 116 valence electrons. The number of hydrazone groups is 1. The topological polar surface area (TPSA) is 102 Å². The Balaban J connectivity index is 1.83. The van der Waals surface area contributed by atoms with Gasteiger partial charge in [-0.05, 0) is 19.1 Å². The lowest BCUT2D eigenvalue weighted by Gasteiger charge is -2.02. The molecule has 2 rings (SSSR count). The average Bonchev–Trinajstić information content (AvgIpc) is 3.03. The first-order chi connectivity index (χ1) is 10.5. The van der Waals surface area contributed by atoms with Crippen LogP contribution in [0.4, 0.5) is 10.1 Å². The molecule has 0 radical (unpaired) electrons. The van der Waals surface area contributed by atoms with E-state index in [0.717, 1.165) is 17.5 Å². The minimum absolute atomic E-state index is 0.0653. The van der Waals surface area contributed by atoms with Gasteiger partial charge in [0.05, 0.1) is 22.6 Å². The van der Waals surface area contributed by atoms with Crippen LogP contribution in [-0.4, -0.2) is 26.8 Å². The maximum atomic E-state index is 12.7. The quantitative estimate of drug-likeness (QED) is 0.497. The predicted molar refractivity (Wildman–Crippen MR) is 78.2 cm³/mol. The second-order valence-corrected chi connectivity index (χ2v) is 5.35. The molecule has 0 aliphatic carbocycles. The molecule has 0 fully saturated rings. The lowest BCUT2D eigenvalue weighted by atomic mass is 10.3. The number of carbonyl (C=O) groups excluding carboxylic acids is 1. The van der Waals surface area contributed by atoms with Crippen molar-refractivity contribution in [1.82, 2.24) is 15.2 Å². The molecule has 10 heteroatoms. The molecule has 1 amide bonds. The molecule has 0 spiro atoms. The van der Waals surface area contributed by atoms with Gasteiger partial charge in [0, 0.05) is 6.42 Å². The Hall–Kier alpha value is -2.62. The van der Waals surface area contributed by atoms with E-state index >= 15 is 0 Å². The van der Waals surface area contributed by atoms with E-state index in [1.54, 1.807) is 13.0 Å². The summed E-state index contributed by atoms with van der Waals surface area (Å²) in [7, 11) is 0. The highest BCUT2D eigenvalue weighted by molar-refractivity contribution is 7.12. The number of halogens is 1. The van der Waals surface area contributed by atoms with E-state index in [1.807, 2.05) is 0 Å². The van der Waals surface area contributed by atoms with E-state index in [4.69, 9.17) is 0 Å². The Morgan fingerprint density at radius 1 is 1.64 bits per heavy atom. The molecule has 2 aromatic rings. The van der Waals surface area contributed by atoms with Crippen LogP contribution in [0.25, 0.3) is 0 Å². The third-order valence-corrected chi connectivity index (χ3v) is 3.61. The Labute approximate surface area is 128 Å². The molecule has 0 aliphatic heterocycles. The second kappa shape index (κ2) is 6.89. The van der Waals surface area contributed by atoms with Crippen molar-refractivity contribution in [3.05, 3.63) is 44.1 Å². The summed E-state index contributed by atoms with van der Waals surface area (Å²) in [5, 5.41) is 17.9. The smallest absolute Gasteiger partial charge is 0.273 e. The van der Waals surface area contributed by atoms with Crippen LogP contribution in [0.15, 0.2) is 23.4 Å². The van der Waals surface area contributed by atoms with Crippen molar-refractivity contribution >= 4 is 29.1 Å². The summed E-state index contributed by atoms with van der Waals surface area (Å²) in [6.45, 7) is 1.77. The van der Waals surface area contributed by atoms with Gasteiger partial charge in [-0.25, -0.2) is 5.43 Å². The highest BCUT2D eigenvalue weighted by atomic mass is 32.1. The number of aryl methyl sites for hydroxylation is 1. The largest absolute Gasteiger partial charge is 0.309 e. The summed E-state index contributed by atoms with van der Waals surface area (Å²) in [6, 6.07) is 2.85. The normalized spacial score (nSPS) is 11.0. The number of carbonyl (C=O) groups is 1. The van der Waals surface area contributed by atoms with Crippen molar-refractivity contribution in [1.29, 1.82) is 0 Å². The van der Waals surface area contributed by atoms with Crippen molar-refractivity contribution in [3.63, 3.8) is 0 Å². The Morgan fingerprint density at radius 3 is 3.00 bits per heavy atom. The van der Waals surface area contributed by atoms with Crippen molar-refractivity contribution in [2.24, 2.45) is 5.10 Å². The number of hydrogen-bond donors (Lipinski definition) is 1. The zero-order valence-electron chi connectivity index (χ0n) is 11.5. The molecule has 0 saturated heterocycles. The van der Waals surface area contributed by atoms with Gasteiger partial charge in [0.1, 0.15) is 11.9 Å². The molecule has 0 atom stereocenters. The number of thiophene rings is 1. The standard InChI is InChI=1S/C12H12FN5O3S/c1-8-10(18(20)21)7-15-17(8)5-4-12(19)16-14-6-9-2-3-11(13)22-9/h2-3,6-7H,4-5H2,1H3,(H,16,19). The number of aromatic nitrogens is 2. The molecular weight excluding hydrogens is 313 g/mol. The van der Waals surface area contributed by atoms with E-state index in [9.17, 15) is 19.3 Å². The van der Waals surface area contributed by atoms with E-state index < -0.39 is 4.92 Å². The highest BCUT2D eigenvalue weighted by Crippen LogP contribution is 2.16. The zero-order valence-corrected chi connectivity index (χ0v) is 12.3. The fraction of sp³-hybridized carbons (Fsp3) is 0.250. The Morgan fingerprint density at radius 2 is 2.41 bits per heavy atom. The van der Waals surface area contributed by atoms with Crippen LogP contribution in [0.1, 0.15) is 17.0 Å². The maximum Gasteiger partial charge on any atom is 0.309 e. The van der Waals surface area contributed by atoms with Gasteiger partial charge in [-0.2, -0.15) is 14.6 Å². The van der Waals surface area contributed by atoms with Gasteiger partial charge in [0.25, 0.3) is 0 Å². The Bertz CT molecular complexity index is 724. The molecule has 2 aromatic heterocycles. The Kier molecular flexibility index (Phi) is 4.94. The first-order valence-electron chi connectivity index (χ1n) is 6.21. The molecular formula is C12H12FN5O3S. The summed E-state index contributed by atoms with van der Waals surface area (Å²) in [5.41, 5.74) is 2.60.